The Morgan fingerprint density at radius 1 is 1.03 bits per heavy atom. The van der Waals surface area contributed by atoms with Crippen molar-refractivity contribution in [1.82, 2.24) is 4.98 Å². The Morgan fingerprint density at radius 2 is 1.77 bits per heavy atom. The van der Waals surface area contributed by atoms with Gasteiger partial charge in [-0.1, -0.05) is 37.3 Å². The molecule has 0 fully saturated rings. The number of thiophene rings is 1. The zero-order chi connectivity index (χ0) is 25.3. The molecule has 6 heteroatoms. The average molecular weight is 487 g/mol. The average Bonchev–Trinajstić information content (AvgIpc) is 3.14. The molecule has 1 N–H and O–H groups in total. The van der Waals surface area contributed by atoms with Crippen molar-refractivity contribution < 1.29 is 14.3 Å². The highest BCUT2D eigenvalue weighted by atomic mass is 32.1. The number of ether oxygens (including phenoxy) is 1. The Morgan fingerprint density at radius 3 is 2.46 bits per heavy atom. The molecule has 0 bridgehead atoms. The van der Waals surface area contributed by atoms with Crippen LogP contribution in [0.4, 0.5) is 5.00 Å². The van der Waals surface area contributed by atoms with E-state index in [0.29, 0.717) is 22.5 Å². The molecule has 0 aliphatic heterocycles. The highest BCUT2D eigenvalue weighted by Crippen LogP contribution is 2.35. The summed E-state index contributed by atoms with van der Waals surface area (Å²) in [6.07, 6.45) is 0.427. The van der Waals surface area contributed by atoms with Crippen molar-refractivity contribution in [3.8, 4) is 11.3 Å². The number of benzene rings is 2. The third-order valence-corrected chi connectivity index (χ3v) is 7.16. The number of rotatable bonds is 6. The molecule has 2 aromatic carbocycles. The lowest BCUT2D eigenvalue weighted by Gasteiger charge is -2.13. The van der Waals surface area contributed by atoms with Gasteiger partial charge in [-0.2, -0.15) is 0 Å². The molecular formula is C29H30N2O3S. The molecule has 0 atom stereocenters. The van der Waals surface area contributed by atoms with E-state index in [2.05, 4.69) is 31.3 Å². The molecular weight excluding hydrogens is 456 g/mol. The molecule has 2 heterocycles. The Balaban J connectivity index is 1.80. The molecule has 0 unspecified atom stereocenters. The normalized spacial score (nSPS) is 11.2. The summed E-state index contributed by atoms with van der Waals surface area (Å²) in [7, 11) is 0. The largest absolute Gasteiger partial charge is 0.459 e. The van der Waals surface area contributed by atoms with Crippen molar-refractivity contribution in [3.63, 3.8) is 0 Å². The van der Waals surface area contributed by atoms with Gasteiger partial charge in [0.2, 0.25) is 0 Å². The van der Waals surface area contributed by atoms with Crippen LogP contribution < -0.4 is 5.32 Å². The fourth-order valence-electron chi connectivity index (χ4n) is 4.16. The van der Waals surface area contributed by atoms with Gasteiger partial charge in [0.15, 0.2) is 0 Å². The molecule has 0 aliphatic carbocycles. The van der Waals surface area contributed by atoms with Gasteiger partial charge in [0.1, 0.15) is 5.00 Å². The Kier molecular flexibility index (Phi) is 7.03. The molecule has 4 rings (SSSR count). The van der Waals surface area contributed by atoms with Crippen LogP contribution in [0.25, 0.3) is 22.2 Å². The standard InChI is InChI=1S/C29H30N2O3S/c1-7-21-19(6)35-28(26(21)29(33)34-16(2)3)31-27(32)23-15-25(20-13-12-17(4)18(5)14-20)30-24-11-9-8-10-22(23)24/h8-16H,7H2,1-6H3,(H,31,32). The number of nitrogens with zero attached hydrogens (tertiary/aromatic N) is 1. The van der Waals surface area contributed by atoms with Crippen LogP contribution in [0.1, 0.15) is 63.1 Å². The number of nitrogens with one attached hydrogen (secondary N) is 1. The first-order valence-corrected chi connectivity index (χ1v) is 12.6. The monoisotopic (exact) mass is 486 g/mol. The molecule has 0 aliphatic rings. The highest BCUT2D eigenvalue weighted by molar-refractivity contribution is 7.16. The summed E-state index contributed by atoms with van der Waals surface area (Å²) in [5.74, 6) is -0.692. The number of carbonyl (C=O) groups excluding carboxylic acids is 2. The number of pyridine rings is 1. The van der Waals surface area contributed by atoms with Crippen LogP contribution in [0.15, 0.2) is 48.5 Å². The van der Waals surface area contributed by atoms with E-state index >= 15 is 0 Å². The van der Waals surface area contributed by atoms with Crippen LogP contribution in [0, 0.1) is 20.8 Å². The molecule has 5 nitrogen and oxygen atoms in total. The van der Waals surface area contributed by atoms with Crippen molar-refractivity contribution in [2.45, 2.75) is 54.1 Å². The van der Waals surface area contributed by atoms with Crippen molar-refractivity contribution in [2.24, 2.45) is 0 Å². The number of aryl methyl sites for hydroxylation is 3. The smallest absolute Gasteiger partial charge is 0.341 e. The van der Waals surface area contributed by atoms with Gasteiger partial charge in [-0.25, -0.2) is 9.78 Å². The number of esters is 1. The van der Waals surface area contributed by atoms with Gasteiger partial charge in [-0.05, 0) is 75.9 Å². The van der Waals surface area contributed by atoms with Crippen LogP contribution >= 0.6 is 11.3 Å². The summed E-state index contributed by atoms with van der Waals surface area (Å²) in [5, 5.41) is 4.29. The first-order chi connectivity index (χ1) is 16.7. The van der Waals surface area contributed by atoms with Gasteiger partial charge in [0.05, 0.1) is 28.4 Å². The minimum absolute atomic E-state index is 0.249. The first kappa shape index (κ1) is 24.6. The minimum atomic E-state index is -0.410. The predicted molar refractivity (Wildman–Crippen MR) is 144 cm³/mol. The molecule has 0 spiro atoms. The third-order valence-electron chi connectivity index (χ3n) is 6.10. The topological polar surface area (TPSA) is 68.3 Å². The van der Waals surface area contributed by atoms with E-state index in [1.165, 1.54) is 16.9 Å². The fourth-order valence-corrected chi connectivity index (χ4v) is 5.29. The number of hydrogen-bond donors (Lipinski definition) is 1. The maximum atomic E-state index is 13.7. The maximum absolute atomic E-state index is 13.7. The summed E-state index contributed by atoms with van der Waals surface area (Å²) in [4.78, 5) is 32.4. The molecule has 180 valence electrons. The molecule has 35 heavy (non-hydrogen) atoms. The van der Waals surface area contributed by atoms with E-state index in [1.54, 1.807) is 0 Å². The second-order valence-corrected chi connectivity index (χ2v) is 10.2. The lowest BCUT2D eigenvalue weighted by molar-refractivity contribution is 0.0378. The van der Waals surface area contributed by atoms with Crippen molar-refractivity contribution in [2.75, 3.05) is 5.32 Å². The van der Waals surface area contributed by atoms with Crippen LogP contribution in [-0.4, -0.2) is 23.0 Å². The second kappa shape index (κ2) is 10.0. The van der Waals surface area contributed by atoms with E-state index in [4.69, 9.17) is 9.72 Å². The third kappa shape index (κ3) is 4.98. The Labute approximate surface area is 210 Å². The van der Waals surface area contributed by atoms with Crippen LogP contribution in [0.3, 0.4) is 0 Å². The predicted octanol–water partition coefficient (Wildman–Crippen LogP) is 7.27. The number of anilines is 1. The minimum Gasteiger partial charge on any atom is -0.459 e. The van der Waals surface area contributed by atoms with E-state index in [1.807, 2.05) is 64.1 Å². The first-order valence-electron chi connectivity index (χ1n) is 11.8. The summed E-state index contributed by atoms with van der Waals surface area (Å²) in [5.41, 5.74) is 6.66. The lowest BCUT2D eigenvalue weighted by atomic mass is 10.0. The summed E-state index contributed by atoms with van der Waals surface area (Å²) in [6, 6.07) is 15.6. The number of aromatic nitrogens is 1. The van der Waals surface area contributed by atoms with Gasteiger partial charge in [-0.15, -0.1) is 11.3 Å². The zero-order valence-electron chi connectivity index (χ0n) is 21.0. The quantitative estimate of drug-likeness (QED) is 0.291. The molecule has 2 aromatic heterocycles. The van der Waals surface area contributed by atoms with E-state index in [9.17, 15) is 9.59 Å². The second-order valence-electron chi connectivity index (χ2n) is 8.97. The summed E-state index contributed by atoms with van der Waals surface area (Å²) < 4.78 is 5.49. The fraction of sp³-hybridized carbons (Fsp3) is 0.276. The van der Waals surface area contributed by atoms with Gasteiger partial charge in [0.25, 0.3) is 5.91 Å². The number of amides is 1. The van der Waals surface area contributed by atoms with Crippen LogP contribution in [-0.2, 0) is 11.2 Å². The Bertz CT molecular complexity index is 1440. The van der Waals surface area contributed by atoms with E-state index in [-0.39, 0.29) is 12.0 Å². The van der Waals surface area contributed by atoms with E-state index in [0.717, 1.165) is 38.2 Å². The van der Waals surface area contributed by atoms with Crippen LogP contribution in [0.2, 0.25) is 0 Å². The molecule has 0 saturated heterocycles. The molecule has 0 radical (unpaired) electrons. The van der Waals surface area contributed by atoms with Crippen molar-refractivity contribution in [3.05, 3.63) is 81.2 Å². The van der Waals surface area contributed by atoms with E-state index < -0.39 is 5.97 Å². The van der Waals surface area contributed by atoms with Gasteiger partial charge < -0.3 is 10.1 Å². The van der Waals surface area contributed by atoms with Gasteiger partial charge in [-0.3, -0.25) is 4.79 Å². The van der Waals surface area contributed by atoms with Gasteiger partial charge in [0, 0.05) is 15.8 Å². The summed E-state index contributed by atoms with van der Waals surface area (Å²) in [6.45, 7) is 11.7. The number of carbonyl (C=O) groups is 2. The Hall–Kier alpha value is -3.51. The molecule has 4 aromatic rings. The summed E-state index contributed by atoms with van der Waals surface area (Å²) >= 11 is 1.41. The zero-order valence-corrected chi connectivity index (χ0v) is 21.8. The number of para-hydroxylation sites is 1. The molecule has 0 saturated carbocycles. The highest BCUT2D eigenvalue weighted by Gasteiger charge is 2.25. The van der Waals surface area contributed by atoms with Crippen LogP contribution in [0.5, 0.6) is 0 Å². The lowest BCUT2D eigenvalue weighted by Crippen LogP contribution is -2.17. The molecule has 1 amide bonds. The number of fused-ring (bicyclic) bond motifs is 1. The van der Waals surface area contributed by atoms with Gasteiger partial charge >= 0.3 is 5.97 Å². The van der Waals surface area contributed by atoms with Crippen molar-refractivity contribution in [1.29, 1.82) is 0 Å². The SMILES string of the molecule is CCc1c(C)sc(NC(=O)c2cc(-c3ccc(C)c(C)c3)nc3ccccc23)c1C(=O)OC(C)C. The van der Waals surface area contributed by atoms with Crippen molar-refractivity contribution >= 4 is 39.1 Å². The maximum Gasteiger partial charge on any atom is 0.341 e. The number of hydrogen-bond acceptors (Lipinski definition) is 5.